The number of esters is 1. The largest absolute Gasteiger partial charge is 0.477 e. The maximum atomic E-state index is 12.3. The Hall–Kier alpha value is -1.14. The van der Waals surface area contributed by atoms with Crippen molar-refractivity contribution in [1.29, 1.82) is 0 Å². The van der Waals surface area contributed by atoms with Crippen LogP contribution in [0.25, 0.3) is 0 Å². The minimum Gasteiger partial charge on any atom is -0.477 e. The number of carboxylic acids is 1. The zero-order valence-electron chi connectivity index (χ0n) is 13.1. The predicted octanol–water partition coefficient (Wildman–Crippen LogP) is 1.76. The van der Waals surface area contributed by atoms with E-state index >= 15 is 0 Å². The van der Waals surface area contributed by atoms with Crippen molar-refractivity contribution in [3.63, 3.8) is 0 Å². The lowest BCUT2D eigenvalue weighted by Crippen LogP contribution is -2.60. The molecule has 0 heterocycles. The fraction of sp³-hybridized carbons (Fsp3) is 0.875. The highest BCUT2D eigenvalue weighted by atomic mass is 16.6. The molecule has 0 aromatic carbocycles. The summed E-state index contributed by atoms with van der Waals surface area (Å²) in [5, 5.41) is 9.48. The summed E-state index contributed by atoms with van der Waals surface area (Å²) < 4.78 is 5.27. The first-order chi connectivity index (χ1) is 10.4. The maximum absolute atomic E-state index is 12.3. The first kappa shape index (κ1) is 17.2. The number of hydrogen-bond acceptors (Lipinski definition) is 5. The topological polar surface area (TPSA) is 116 Å². The molecule has 6 heteroatoms. The summed E-state index contributed by atoms with van der Waals surface area (Å²) in [7, 11) is 0. The molecule has 0 amide bonds. The highest BCUT2D eigenvalue weighted by molar-refractivity contribution is 5.83. The van der Waals surface area contributed by atoms with Crippen molar-refractivity contribution in [2.45, 2.75) is 76.0 Å². The second kappa shape index (κ2) is 7.42. The van der Waals surface area contributed by atoms with Gasteiger partial charge in [-0.15, -0.1) is 0 Å². The Balaban J connectivity index is 2.02. The Morgan fingerprint density at radius 3 is 2.00 bits per heavy atom. The summed E-state index contributed by atoms with van der Waals surface area (Å²) in [5.41, 5.74) is 10.1. The predicted molar refractivity (Wildman–Crippen MR) is 81.8 cm³/mol. The van der Waals surface area contributed by atoms with Crippen LogP contribution in [-0.4, -0.2) is 28.8 Å². The third kappa shape index (κ3) is 3.79. The van der Waals surface area contributed by atoms with E-state index < -0.39 is 23.7 Å². The number of hydrogen-bond donors (Lipinski definition) is 3. The number of carbonyl (C=O) groups is 2. The van der Waals surface area contributed by atoms with Crippen LogP contribution in [0.5, 0.6) is 0 Å². The smallest absolute Gasteiger partial charge is 0.364 e. The fourth-order valence-corrected chi connectivity index (χ4v) is 3.75. The number of carbonyl (C=O) groups excluding carboxylic acids is 1. The van der Waals surface area contributed by atoms with Crippen molar-refractivity contribution in [2.24, 2.45) is 23.3 Å². The molecule has 126 valence electrons. The first-order valence-electron chi connectivity index (χ1n) is 8.46. The van der Waals surface area contributed by atoms with Crippen LogP contribution in [0, 0.1) is 11.8 Å². The Kier molecular flexibility index (Phi) is 5.81. The van der Waals surface area contributed by atoms with Gasteiger partial charge in [0.1, 0.15) is 6.04 Å². The van der Waals surface area contributed by atoms with E-state index in [0.29, 0.717) is 12.8 Å². The van der Waals surface area contributed by atoms with Gasteiger partial charge in [0.2, 0.25) is 0 Å². The molecule has 0 bridgehead atoms. The van der Waals surface area contributed by atoms with Crippen LogP contribution in [-0.2, 0) is 14.3 Å². The Bertz CT molecular complexity index is 403. The van der Waals surface area contributed by atoms with Crippen LogP contribution in [0.1, 0.15) is 64.2 Å². The average molecular weight is 312 g/mol. The van der Waals surface area contributed by atoms with Crippen molar-refractivity contribution < 1.29 is 19.4 Å². The van der Waals surface area contributed by atoms with Crippen LogP contribution < -0.4 is 11.5 Å². The van der Waals surface area contributed by atoms with E-state index in [2.05, 4.69) is 0 Å². The zero-order valence-corrected chi connectivity index (χ0v) is 13.1. The molecule has 6 nitrogen and oxygen atoms in total. The van der Waals surface area contributed by atoms with Gasteiger partial charge in [-0.2, -0.15) is 0 Å². The number of aliphatic carboxylic acids is 1. The van der Waals surface area contributed by atoms with Gasteiger partial charge in [-0.1, -0.05) is 38.5 Å². The number of ether oxygens (including phenoxy) is 1. The molecule has 2 atom stereocenters. The molecule has 0 aromatic heterocycles. The molecule has 0 saturated heterocycles. The third-order valence-corrected chi connectivity index (χ3v) is 5.25. The number of carboxylic acid groups (broad SMARTS) is 1. The van der Waals surface area contributed by atoms with Gasteiger partial charge in [0, 0.05) is 5.92 Å². The van der Waals surface area contributed by atoms with Gasteiger partial charge in [-0.05, 0) is 31.6 Å². The lowest BCUT2D eigenvalue weighted by atomic mass is 9.81. The summed E-state index contributed by atoms with van der Waals surface area (Å²) in [6.45, 7) is 0. The minimum atomic E-state index is -1.94. The maximum Gasteiger partial charge on any atom is 0.364 e. The second-order valence-corrected chi connectivity index (χ2v) is 6.78. The van der Waals surface area contributed by atoms with Crippen LogP contribution in [0.2, 0.25) is 0 Å². The molecule has 0 aromatic rings. The van der Waals surface area contributed by atoms with Gasteiger partial charge in [0.05, 0.1) is 0 Å². The van der Waals surface area contributed by atoms with Crippen LogP contribution >= 0.6 is 0 Å². The molecule has 2 aliphatic carbocycles. The lowest BCUT2D eigenvalue weighted by molar-refractivity contribution is -0.189. The van der Waals surface area contributed by atoms with E-state index in [1.54, 1.807) is 0 Å². The van der Waals surface area contributed by atoms with Crippen molar-refractivity contribution in [1.82, 2.24) is 0 Å². The van der Waals surface area contributed by atoms with Crippen LogP contribution in [0.4, 0.5) is 0 Å². The molecule has 2 fully saturated rings. The van der Waals surface area contributed by atoms with Gasteiger partial charge >= 0.3 is 11.9 Å². The molecule has 0 radical (unpaired) electrons. The molecular weight excluding hydrogens is 284 g/mol. The van der Waals surface area contributed by atoms with Gasteiger partial charge in [0.15, 0.2) is 0 Å². The molecule has 2 saturated carbocycles. The lowest BCUT2D eigenvalue weighted by Gasteiger charge is -2.36. The van der Waals surface area contributed by atoms with E-state index in [-0.39, 0.29) is 11.8 Å². The average Bonchev–Trinajstić information content (AvgIpc) is 2.55. The summed E-state index contributed by atoms with van der Waals surface area (Å²) in [4.78, 5) is 23.9. The number of rotatable bonds is 5. The molecule has 0 aliphatic heterocycles. The highest BCUT2D eigenvalue weighted by Gasteiger charge is 2.47. The highest BCUT2D eigenvalue weighted by Crippen LogP contribution is 2.33. The van der Waals surface area contributed by atoms with Gasteiger partial charge < -0.3 is 15.6 Å². The number of nitrogens with two attached hydrogens (primary N) is 2. The summed E-state index contributed by atoms with van der Waals surface area (Å²) >= 11 is 0. The van der Waals surface area contributed by atoms with Gasteiger partial charge in [0.25, 0.3) is 5.72 Å². The summed E-state index contributed by atoms with van der Waals surface area (Å²) in [6.07, 6.45) is 9.32. The quantitative estimate of drug-likeness (QED) is 0.526. The minimum absolute atomic E-state index is 0.0747. The third-order valence-electron chi connectivity index (χ3n) is 5.25. The van der Waals surface area contributed by atoms with Gasteiger partial charge in [-0.3, -0.25) is 10.5 Å². The Morgan fingerprint density at radius 2 is 1.50 bits per heavy atom. The normalized spacial score (nSPS) is 25.2. The van der Waals surface area contributed by atoms with E-state index in [1.807, 2.05) is 0 Å². The molecule has 5 N–H and O–H groups in total. The molecule has 0 unspecified atom stereocenters. The van der Waals surface area contributed by atoms with Crippen molar-refractivity contribution >= 4 is 11.9 Å². The van der Waals surface area contributed by atoms with Crippen molar-refractivity contribution in [3.05, 3.63) is 0 Å². The van der Waals surface area contributed by atoms with Crippen molar-refractivity contribution in [2.75, 3.05) is 0 Å². The SMILES string of the molecule is N[C@H](C(=O)O[C@](N)(C(=O)O)C1CCCCC1)C1CCCCC1. The zero-order chi connectivity index (χ0) is 16.2. The molecule has 2 aliphatic rings. The van der Waals surface area contributed by atoms with E-state index in [1.165, 1.54) is 0 Å². The van der Waals surface area contributed by atoms with Gasteiger partial charge in [-0.25, -0.2) is 4.79 Å². The van der Waals surface area contributed by atoms with E-state index in [4.69, 9.17) is 16.2 Å². The summed E-state index contributed by atoms with van der Waals surface area (Å²) in [5.74, 6) is -2.20. The molecule has 0 spiro atoms. The van der Waals surface area contributed by atoms with Crippen LogP contribution in [0.15, 0.2) is 0 Å². The second-order valence-electron chi connectivity index (χ2n) is 6.78. The summed E-state index contributed by atoms with van der Waals surface area (Å²) in [6, 6.07) is -0.772. The standard InChI is InChI=1S/C16H28N2O4/c17-13(11-7-3-1-4-8-11)14(19)22-16(18,15(20)21)12-9-5-2-6-10-12/h11-13H,1-10,17-18H2,(H,20,21)/t13-,16-/m0/s1. The molecule has 22 heavy (non-hydrogen) atoms. The Morgan fingerprint density at radius 1 is 1.00 bits per heavy atom. The van der Waals surface area contributed by atoms with Crippen LogP contribution in [0.3, 0.4) is 0 Å². The molecular formula is C16H28N2O4. The monoisotopic (exact) mass is 312 g/mol. The molecule has 2 rings (SSSR count). The first-order valence-corrected chi connectivity index (χ1v) is 8.46. The van der Waals surface area contributed by atoms with E-state index in [0.717, 1.165) is 51.4 Å². The van der Waals surface area contributed by atoms with E-state index in [9.17, 15) is 14.7 Å². The van der Waals surface area contributed by atoms with Crippen molar-refractivity contribution in [3.8, 4) is 0 Å². The Labute approximate surface area is 131 Å². The fourth-order valence-electron chi connectivity index (χ4n) is 3.75.